The maximum absolute atomic E-state index is 12.5. The van der Waals surface area contributed by atoms with E-state index >= 15 is 0 Å². The molecule has 0 aliphatic carbocycles. The zero-order valence-corrected chi connectivity index (χ0v) is 15.6. The Hall–Kier alpha value is -0.850. The number of benzene rings is 1. The van der Waals surface area contributed by atoms with Gasteiger partial charge in [0.1, 0.15) is 4.21 Å². The first-order valence-electron chi connectivity index (χ1n) is 6.49. The van der Waals surface area contributed by atoms with Crippen molar-refractivity contribution in [2.24, 2.45) is 0 Å². The van der Waals surface area contributed by atoms with Crippen LogP contribution < -0.4 is 4.72 Å². The Labute approximate surface area is 138 Å². The molecule has 0 bridgehead atoms. The lowest BCUT2D eigenvalue weighted by atomic mass is 9.86. The third kappa shape index (κ3) is 3.67. The second-order valence-electron chi connectivity index (χ2n) is 5.92. The third-order valence-electron chi connectivity index (χ3n) is 3.08. The van der Waals surface area contributed by atoms with Gasteiger partial charge >= 0.3 is 0 Å². The minimum Gasteiger partial charge on any atom is -0.279 e. The zero-order chi connectivity index (χ0) is 15.8. The van der Waals surface area contributed by atoms with Crippen molar-refractivity contribution in [1.29, 1.82) is 0 Å². The lowest BCUT2D eigenvalue weighted by molar-refractivity contribution is 0.590. The first-order valence-corrected chi connectivity index (χ1v) is 9.59. The molecule has 0 unspecified atom stereocenters. The van der Waals surface area contributed by atoms with E-state index in [1.54, 1.807) is 12.1 Å². The van der Waals surface area contributed by atoms with Gasteiger partial charge in [0.05, 0.1) is 9.47 Å². The molecule has 0 radical (unpaired) electrons. The fourth-order valence-electron chi connectivity index (χ4n) is 1.99. The molecule has 2 aromatic rings. The predicted octanol–water partition coefficient (Wildman–Crippen LogP) is 4.92. The molecule has 0 saturated heterocycles. The average Bonchev–Trinajstić information content (AvgIpc) is 2.69. The normalized spacial score (nSPS) is 12.4. The van der Waals surface area contributed by atoms with Gasteiger partial charge in [0.2, 0.25) is 0 Å². The van der Waals surface area contributed by atoms with Crippen molar-refractivity contribution in [2.75, 3.05) is 4.72 Å². The highest BCUT2D eigenvalue weighted by Gasteiger charge is 2.23. The maximum Gasteiger partial charge on any atom is 0.271 e. The van der Waals surface area contributed by atoms with E-state index in [9.17, 15) is 8.42 Å². The highest BCUT2D eigenvalue weighted by Crippen LogP contribution is 2.34. The highest BCUT2D eigenvalue weighted by molar-refractivity contribution is 9.11. The van der Waals surface area contributed by atoms with Crippen LogP contribution in [0, 0.1) is 6.92 Å². The number of hydrogen-bond donors (Lipinski definition) is 1. The summed E-state index contributed by atoms with van der Waals surface area (Å²) >= 11 is 4.59. The van der Waals surface area contributed by atoms with Gasteiger partial charge in [0.25, 0.3) is 10.0 Å². The SMILES string of the molecule is Cc1cc(S(=O)(=O)Nc2ccccc2C(C)(C)C)sc1Br. The lowest BCUT2D eigenvalue weighted by Crippen LogP contribution is -2.18. The molecule has 3 nitrogen and oxygen atoms in total. The van der Waals surface area contributed by atoms with E-state index in [1.165, 1.54) is 11.3 Å². The molecule has 21 heavy (non-hydrogen) atoms. The molecule has 0 aliphatic heterocycles. The van der Waals surface area contributed by atoms with E-state index in [2.05, 4.69) is 41.4 Å². The molecule has 1 aromatic heterocycles. The fraction of sp³-hybridized carbons (Fsp3) is 0.333. The number of sulfonamides is 1. The van der Waals surface area contributed by atoms with Gasteiger partial charge in [0, 0.05) is 0 Å². The molecule has 1 aromatic carbocycles. The van der Waals surface area contributed by atoms with Crippen molar-refractivity contribution >= 4 is 43.0 Å². The van der Waals surface area contributed by atoms with Crippen LogP contribution in [0.1, 0.15) is 31.9 Å². The van der Waals surface area contributed by atoms with E-state index in [-0.39, 0.29) is 5.41 Å². The van der Waals surface area contributed by atoms with Crippen molar-refractivity contribution in [1.82, 2.24) is 0 Å². The predicted molar refractivity (Wildman–Crippen MR) is 92.7 cm³/mol. The van der Waals surface area contributed by atoms with Crippen LogP contribution in [0.5, 0.6) is 0 Å². The van der Waals surface area contributed by atoms with Gasteiger partial charge in [0.15, 0.2) is 0 Å². The number of halogens is 1. The van der Waals surface area contributed by atoms with Crippen LogP contribution in [-0.2, 0) is 15.4 Å². The summed E-state index contributed by atoms with van der Waals surface area (Å²) in [6, 6.07) is 9.19. The van der Waals surface area contributed by atoms with Crippen LogP contribution in [0.2, 0.25) is 0 Å². The summed E-state index contributed by atoms with van der Waals surface area (Å²) in [5.41, 5.74) is 2.39. The molecular formula is C15H18BrNO2S2. The highest BCUT2D eigenvalue weighted by atomic mass is 79.9. The molecule has 0 atom stereocenters. The largest absolute Gasteiger partial charge is 0.279 e. The Bertz CT molecular complexity index is 739. The Morgan fingerprint density at radius 1 is 1.19 bits per heavy atom. The molecular weight excluding hydrogens is 370 g/mol. The molecule has 1 heterocycles. The number of aryl methyl sites for hydroxylation is 1. The number of hydrogen-bond acceptors (Lipinski definition) is 3. The van der Waals surface area contributed by atoms with E-state index in [1.807, 2.05) is 25.1 Å². The number of thiophene rings is 1. The molecule has 114 valence electrons. The van der Waals surface area contributed by atoms with E-state index in [4.69, 9.17) is 0 Å². The fourth-order valence-corrected chi connectivity index (χ4v) is 5.29. The average molecular weight is 388 g/mol. The Morgan fingerprint density at radius 3 is 2.33 bits per heavy atom. The van der Waals surface area contributed by atoms with Crippen LogP contribution >= 0.6 is 27.3 Å². The van der Waals surface area contributed by atoms with E-state index in [0.29, 0.717) is 9.90 Å². The minimum absolute atomic E-state index is 0.134. The van der Waals surface area contributed by atoms with Gasteiger partial charge in [-0.05, 0) is 51.5 Å². The number of anilines is 1. The Kier molecular flexibility index (Phi) is 4.52. The maximum atomic E-state index is 12.5. The third-order valence-corrected chi connectivity index (χ3v) is 7.05. The summed E-state index contributed by atoms with van der Waals surface area (Å²) in [4.78, 5) is 0. The lowest BCUT2D eigenvalue weighted by Gasteiger charge is -2.23. The molecule has 0 spiro atoms. The summed E-state index contributed by atoms with van der Waals surface area (Å²) in [5, 5.41) is 0. The quantitative estimate of drug-likeness (QED) is 0.812. The zero-order valence-electron chi connectivity index (χ0n) is 12.4. The van der Waals surface area contributed by atoms with E-state index in [0.717, 1.165) is 14.9 Å². The Balaban J connectivity index is 2.42. The van der Waals surface area contributed by atoms with Crippen molar-refractivity contribution < 1.29 is 8.42 Å². The first-order chi connectivity index (χ1) is 9.61. The summed E-state index contributed by atoms with van der Waals surface area (Å²) < 4.78 is 28.9. The van der Waals surface area contributed by atoms with E-state index < -0.39 is 10.0 Å². The standard InChI is InChI=1S/C15H18BrNO2S2/c1-10-9-13(20-14(10)16)21(18,19)17-12-8-6-5-7-11(12)15(2,3)4/h5-9,17H,1-4H3. The van der Waals surface area contributed by atoms with Crippen molar-refractivity contribution in [3.63, 3.8) is 0 Å². The number of para-hydroxylation sites is 1. The van der Waals surface area contributed by atoms with Crippen LogP contribution in [0.3, 0.4) is 0 Å². The van der Waals surface area contributed by atoms with Crippen LogP contribution in [0.25, 0.3) is 0 Å². The first kappa shape index (κ1) is 16.5. The van der Waals surface area contributed by atoms with Gasteiger partial charge in [-0.1, -0.05) is 39.0 Å². The van der Waals surface area contributed by atoms with Gasteiger partial charge in [-0.3, -0.25) is 4.72 Å². The summed E-state index contributed by atoms with van der Waals surface area (Å²) in [5.74, 6) is 0. The number of rotatable bonds is 3. The van der Waals surface area contributed by atoms with Crippen LogP contribution in [0.4, 0.5) is 5.69 Å². The molecule has 0 aliphatic rings. The Morgan fingerprint density at radius 2 is 1.81 bits per heavy atom. The smallest absolute Gasteiger partial charge is 0.271 e. The van der Waals surface area contributed by atoms with Gasteiger partial charge < -0.3 is 0 Å². The molecule has 6 heteroatoms. The topological polar surface area (TPSA) is 46.2 Å². The molecule has 1 N–H and O–H groups in total. The van der Waals surface area contributed by atoms with Gasteiger partial charge in [-0.2, -0.15) is 0 Å². The monoisotopic (exact) mass is 387 g/mol. The summed E-state index contributed by atoms with van der Waals surface area (Å²) in [7, 11) is -3.56. The molecule has 0 amide bonds. The van der Waals surface area contributed by atoms with Gasteiger partial charge in [-0.25, -0.2) is 8.42 Å². The van der Waals surface area contributed by atoms with Crippen LogP contribution in [0.15, 0.2) is 38.3 Å². The minimum atomic E-state index is -3.56. The number of nitrogens with one attached hydrogen (secondary N) is 1. The summed E-state index contributed by atoms with van der Waals surface area (Å²) in [6.45, 7) is 8.06. The van der Waals surface area contributed by atoms with Crippen molar-refractivity contribution in [3.05, 3.63) is 45.2 Å². The summed E-state index contributed by atoms with van der Waals surface area (Å²) in [6.07, 6.45) is 0. The second-order valence-corrected chi connectivity index (χ2v) is 10.2. The second kappa shape index (κ2) is 5.74. The van der Waals surface area contributed by atoms with Crippen molar-refractivity contribution in [3.8, 4) is 0 Å². The van der Waals surface area contributed by atoms with Gasteiger partial charge in [-0.15, -0.1) is 11.3 Å². The van der Waals surface area contributed by atoms with Crippen molar-refractivity contribution in [2.45, 2.75) is 37.3 Å². The molecule has 0 saturated carbocycles. The van der Waals surface area contributed by atoms with Crippen LogP contribution in [-0.4, -0.2) is 8.42 Å². The molecule has 2 rings (SSSR count). The molecule has 0 fully saturated rings.